The summed E-state index contributed by atoms with van der Waals surface area (Å²) >= 11 is 0. The maximum Gasteiger partial charge on any atom is 0.618 e. The van der Waals surface area contributed by atoms with Gasteiger partial charge in [-0.15, -0.1) is 0 Å². The molecule has 0 unspecified atom stereocenters. The molecule has 0 aliphatic heterocycles. The van der Waals surface area contributed by atoms with Gasteiger partial charge < -0.3 is 24.4 Å². The molecule has 124 valence electrons. The molecule has 0 fully saturated rings. The van der Waals surface area contributed by atoms with Gasteiger partial charge in [0.1, 0.15) is 11.5 Å². The molecule has 0 radical (unpaired) electrons. The number of nitrogens with two attached hydrogens (primary N) is 2. The van der Waals surface area contributed by atoms with E-state index in [0.29, 0.717) is 22.9 Å². The number of anilines is 2. The molecule has 0 atom stereocenters. The van der Waals surface area contributed by atoms with Crippen molar-refractivity contribution in [1.82, 2.24) is 0 Å². The minimum Gasteiger partial charge on any atom is -0.493 e. The average Bonchev–Trinajstić information content (AvgIpc) is 2.42. The van der Waals surface area contributed by atoms with Crippen molar-refractivity contribution in [3.8, 4) is 11.5 Å². The van der Waals surface area contributed by atoms with E-state index in [4.69, 9.17) is 24.4 Å². The van der Waals surface area contributed by atoms with Crippen LogP contribution in [0.15, 0.2) is 48.5 Å². The van der Waals surface area contributed by atoms with Crippen LogP contribution in [0, 0.1) is 0 Å². The van der Waals surface area contributed by atoms with E-state index in [1.54, 1.807) is 24.3 Å². The second-order valence-corrected chi connectivity index (χ2v) is 13.6. The van der Waals surface area contributed by atoms with Crippen LogP contribution in [0.1, 0.15) is 0 Å². The topological polar surface area (TPSA) is 79.7 Å². The largest absolute Gasteiger partial charge is 0.618 e. The van der Waals surface area contributed by atoms with Crippen LogP contribution < -0.4 is 20.3 Å². The van der Waals surface area contributed by atoms with Crippen LogP contribution >= 0.6 is 0 Å². The Labute approximate surface area is 139 Å². The SMILES string of the molecule is C[Si](C)(C)O[Si](C)(Oc1ccc(N)cc1)Oc1ccc(N)cc1. The fourth-order valence-electron chi connectivity index (χ4n) is 2.12. The third kappa shape index (κ3) is 5.62. The zero-order valence-electron chi connectivity index (χ0n) is 14.0. The van der Waals surface area contributed by atoms with Crippen LogP contribution in [0.3, 0.4) is 0 Å². The minimum absolute atomic E-state index is 0.682. The molecule has 0 aromatic heterocycles. The Bertz CT molecular complexity index is 592. The van der Waals surface area contributed by atoms with Crippen LogP contribution in [-0.4, -0.2) is 17.1 Å². The predicted molar refractivity (Wildman–Crippen MR) is 99.0 cm³/mol. The molecule has 0 saturated carbocycles. The lowest BCUT2D eigenvalue weighted by Gasteiger charge is -2.32. The van der Waals surface area contributed by atoms with Gasteiger partial charge in [0.15, 0.2) is 8.32 Å². The smallest absolute Gasteiger partial charge is 0.493 e. The summed E-state index contributed by atoms with van der Waals surface area (Å²) in [7, 11) is -4.78. The molecule has 0 amide bonds. The van der Waals surface area contributed by atoms with E-state index < -0.39 is 17.1 Å². The standard InChI is InChI=1S/C16H24N2O3Si2/c1-22(2,3)21-23(4,19-15-9-5-13(17)6-10-15)20-16-11-7-14(18)8-12-16/h5-12H,17-18H2,1-4H3. The number of hydrogen-bond donors (Lipinski definition) is 2. The molecule has 0 spiro atoms. The van der Waals surface area contributed by atoms with Crippen LogP contribution in [0.25, 0.3) is 0 Å². The van der Waals surface area contributed by atoms with Crippen molar-refractivity contribution in [2.75, 3.05) is 11.5 Å². The Morgan fingerprint density at radius 2 is 1.00 bits per heavy atom. The number of rotatable bonds is 6. The van der Waals surface area contributed by atoms with E-state index in [2.05, 4.69) is 19.6 Å². The summed E-state index contributed by atoms with van der Waals surface area (Å²) in [6, 6.07) is 14.5. The predicted octanol–water partition coefficient (Wildman–Crippen LogP) is 3.73. The van der Waals surface area contributed by atoms with Crippen molar-refractivity contribution in [1.29, 1.82) is 0 Å². The fourth-order valence-corrected chi connectivity index (χ4v) is 8.07. The van der Waals surface area contributed by atoms with Crippen molar-refractivity contribution < 1.29 is 13.0 Å². The first-order chi connectivity index (χ1) is 10.7. The summed E-state index contributed by atoms with van der Waals surface area (Å²) in [6.45, 7) is 8.22. The molecule has 5 nitrogen and oxygen atoms in total. The van der Waals surface area contributed by atoms with Crippen LogP contribution in [0.5, 0.6) is 11.5 Å². The highest BCUT2D eigenvalue weighted by Gasteiger charge is 2.44. The molecule has 23 heavy (non-hydrogen) atoms. The van der Waals surface area contributed by atoms with Gasteiger partial charge in [-0.2, -0.15) is 0 Å². The Morgan fingerprint density at radius 1 is 0.652 bits per heavy atom. The fraction of sp³-hybridized carbons (Fsp3) is 0.250. The Hall–Kier alpha value is -1.97. The van der Waals surface area contributed by atoms with E-state index in [0.717, 1.165) is 0 Å². The average molecular weight is 349 g/mol. The van der Waals surface area contributed by atoms with Crippen LogP contribution in [0.4, 0.5) is 11.4 Å². The molecule has 0 aliphatic carbocycles. The molecule has 0 aliphatic rings. The minimum atomic E-state index is -2.92. The first-order valence-corrected chi connectivity index (χ1v) is 13.1. The number of nitrogen functional groups attached to an aromatic ring is 2. The van der Waals surface area contributed by atoms with Crippen molar-refractivity contribution in [2.45, 2.75) is 26.2 Å². The van der Waals surface area contributed by atoms with Gasteiger partial charge in [-0.3, -0.25) is 0 Å². The van der Waals surface area contributed by atoms with E-state index in [9.17, 15) is 0 Å². The van der Waals surface area contributed by atoms with Gasteiger partial charge in [0, 0.05) is 17.9 Å². The first kappa shape index (κ1) is 17.4. The molecule has 0 heterocycles. The summed E-state index contributed by atoms with van der Waals surface area (Å²) in [5.74, 6) is 1.36. The van der Waals surface area contributed by atoms with Crippen molar-refractivity contribution in [2.24, 2.45) is 0 Å². The van der Waals surface area contributed by atoms with Crippen LogP contribution in [-0.2, 0) is 4.12 Å². The summed E-state index contributed by atoms with van der Waals surface area (Å²) in [5.41, 5.74) is 12.8. The molecule has 0 bridgehead atoms. The zero-order valence-corrected chi connectivity index (χ0v) is 16.0. The molecule has 2 aromatic rings. The van der Waals surface area contributed by atoms with Gasteiger partial charge in [0.25, 0.3) is 0 Å². The normalized spacial score (nSPS) is 12.0. The van der Waals surface area contributed by atoms with Crippen molar-refractivity contribution in [3.05, 3.63) is 48.5 Å². The first-order valence-electron chi connectivity index (χ1n) is 7.44. The third-order valence-corrected chi connectivity index (χ3v) is 8.00. The summed E-state index contributed by atoms with van der Waals surface area (Å²) in [6.07, 6.45) is 0. The highest BCUT2D eigenvalue weighted by Crippen LogP contribution is 2.25. The van der Waals surface area contributed by atoms with E-state index in [1.165, 1.54) is 0 Å². The molecule has 2 aromatic carbocycles. The summed E-state index contributed by atoms with van der Waals surface area (Å²) in [4.78, 5) is 0. The van der Waals surface area contributed by atoms with E-state index in [1.807, 2.05) is 30.8 Å². The van der Waals surface area contributed by atoms with E-state index in [-0.39, 0.29) is 0 Å². The number of hydrogen-bond acceptors (Lipinski definition) is 5. The maximum atomic E-state index is 6.26. The Balaban J connectivity index is 2.23. The number of benzene rings is 2. The maximum absolute atomic E-state index is 6.26. The van der Waals surface area contributed by atoms with Gasteiger partial charge in [-0.25, -0.2) is 0 Å². The molecule has 2 rings (SSSR count). The molecular weight excluding hydrogens is 324 g/mol. The van der Waals surface area contributed by atoms with Crippen molar-refractivity contribution in [3.63, 3.8) is 0 Å². The van der Waals surface area contributed by atoms with Crippen molar-refractivity contribution >= 4 is 28.5 Å². The Kier molecular flexibility index (Phi) is 5.03. The quantitative estimate of drug-likeness (QED) is 0.614. The monoisotopic (exact) mass is 348 g/mol. The lowest BCUT2D eigenvalue weighted by Crippen LogP contribution is -2.54. The van der Waals surface area contributed by atoms with Gasteiger partial charge in [0.05, 0.1) is 0 Å². The lowest BCUT2D eigenvalue weighted by atomic mass is 10.3. The van der Waals surface area contributed by atoms with Gasteiger partial charge in [0.2, 0.25) is 0 Å². The Morgan fingerprint density at radius 3 is 1.30 bits per heavy atom. The summed E-state index contributed by atoms with van der Waals surface area (Å²) < 4.78 is 18.5. The molecule has 0 saturated heterocycles. The molecule has 4 N–H and O–H groups in total. The summed E-state index contributed by atoms with van der Waals surface area (Å²) in [5, 5.41) is 0. The molecular formula is C16H24N2O3Si2. The van der Waals surface area contributed by atoms with Gasteiger partial charge in [-0.05, 0) is 68.2 Å². The second kappa shape index (κ2) is 6.65. The molecule has 7 heteroatoms. The zero-order chi connectivity index (χ0) is 17.1. The highest BCUT2D eigenvalue weighted by molar-refractivity contribution is 6.80. The van der Waals surface area contributed by atoms with E-state index >= 15 is 0 Å². The highest BCUT2D eigenvalue weighted by atomic mass is 28.5. The van der Waals surface area contributed by atoms with Gasteiger partial charge >= 0.3 is 8.80 Å². The lowest BCUT2D eigenvalue weighted by molar-refractivity contribution is 0.268. The third-order valence-electron chi connectivity index (χ3n) is 2.86. The second-order valence-electron chi connectivity index (χ2n) is 6.42. The van der Waals surface area contributed by atoms with Gasteiger partial charge in [-0.1, -0.05) is 0 Å². The van der Waals surface area contributed by atoms with Crippen LogP contribution in [0.2, 0.25) is 26.2 Å².